The van der Waals surface area contributed by atoms with Gasteiger partial charge in [-0.1, -0.05) is 62.3 Å². The number of carbonyl (C=O) groups is 1. The molecule has 2 rings (SSSR count). The average molecular weight is 304 g/mol. The van der Waals surface area contributed by atoms with Crippen LogP contribution in [0.25, 0.3) is 0 Å². The lowest BCUT2D eigenvalue weighted by Crippen LogP contribution is -2.45. The third kappa shape index (κ3) is 3.82. The van der Waals surface area contributed by atoms with Crippen molar-refractivity contribution in [1.82, 2.24) is 4.90 Å². The predicted molar refractivity (Wildman–Crippen MR) is 90.2 cm³/mol. The first kappa shape index (κ1) is 16.0. The maximum Gasteiger partial charge on any atom is 0.237 e. The van der Waals surface area contributed by atoms with Crippen LogP contribution < -0.4 is 5.73 Å². The lowest BCUT2D eigenvalue weighted by molar-refractivity contribution is -0.133. The molecule has 1 fully saturated rings. The minimum absolute atomic E-state index is 0.0717. The van der Waals surface area contributed by atoms with Crippen molar-refractivity contribution in [3.63, 3.8) is 0 Å². The smallest absolute Gasteiger partial charge is 0.237 e. The summed E-state index contributed by atoms with van der Waals surface area (Å²) in [5.41, 5.74) is 6.78. The number of nitrogens with zero attached hydrogens (tertiary/aromatic N) is 1. The van der Waals surface area contributed by atoms with Gasteiger partial charge in [0.05, 0.1) is 4.99 Å². The van der Waals surface area contributed by atoms with Crippen molar-refractivity contribution >= 4 is 23.1 Å². The third-order valence-corrected chi connectivity index (χ3v) is 4.53. The van der Waals surface area contributed by atoms with Crippen molar-refractivity contribution < 1.29 is 4.79 Å². The average Bonchev–Trinajstić information content (AvgIpc) is 2.73. The normalized spacial score (nSPS) is 20.6. The largest absolute Gasteiger partial charge is 0.392 e. The summed E-state index contributed by atoms with van der Waals surface area (Å²) in [4.78, 5) is 15.3. The Balaban J connectivity index is 2.27. The highest BCUT2D eigenvalue weighted by Gasteiger charge is 2.32. The molecule has 0 radical (unpaired) electrons. The Hall–Kier alpha value is -1.42. The van der Waals surface area contributed by atoms with Crippen LogP contribution in [0.15, 0.2) is 30.3 Å². The highest BCUT2D eigenvalue weighted by atomic mass is 32.1. The van der Waals surface area contributed by atoms with E-state index in [0.29, 0.717) is 6.04 Å². The number of carbonyl (C=O) groups excluding carboxylic acids is 1. The van der Waals surface area contributed by atoms with Gasteiger partial charge in [-0.05, 0) is 24.8 Å². The predicted octanol–water partition coefficient (Wildman–Crippen LogP) is 3.24. The van der Waals surface area contributed by atoms with Gasteiger partial charge in [-0.25, -0.2) is 0 Å². The Labute approximate surface area is 132 Å². The Kier molecular flexibility index (Phi) is 5.74. The zero-order valence-corrected chi connectivity index (χ0v) is 13.4. The molecule has 2 atom stereocenters. The summed E-state index contributed by atoms with van der Waals surface area (Å²) in [5, 5.41) is 0. The number of likely N-dealkylation sites (tertiary alicyclic amines) is 1. The molecule has 114 valence electrons. The number of hydrogen-bond acceptors (Lipinski definition) is 2. The van der Waals surface area contributed by atoms with Crippen LogP contribution in [-0.4, -0.2) is 28.4 Å². The number of hydrogen-bond donors (Lipinski definition) is 1. The fraction of sp³-hybridized carbons (Fsp3) is 0.529. The van der Waals surface area contributed by atoms with Crippen molar-refractivity contribution in [1.29, 1.82) is 0 Å². The van der Waals surface area contributed by atoms with Crippen molar-refractivity contribution in [3.8, 4) is 0 Å². The van der Waals surface area contributed by atoms with E-state index >= 15 is 0 Å². The number of rotatable bonds is 4. The van der Waals surface area contributed by atoms with E-state index in [9.17, 15) is 4.79 Å². The van der Waals surface area contributed by atoms with E-state index in [-0.39, 0.29) is 10.9 Å². The zero-order chi connectivity index (χ0) is 15.2. The Bertz CT molecular complexity index is 489. The summed E-state index contributed by atoms with van der Waals surface area (Å²) in [6.45, 7) is 2.97. The number of nitrogens with two attached hydrogens (primary N) is 1. The second kappa shape index (κ2) is 7.55. The first-order chi connectivity index (χ1) is 10.1. The minimum Gasteiger partial charge on any atom is -0.392 e. The van der Waals surface area contributed by atoms with Gasteiger partial charge >= 0.3 is 0 Å². The molecule has 4 heteroatoms. The van der Waals surface area contributed by atoms with Gasteiger partial charge in [-0.3, -0.25) is 4.79 Å². The summed E-state index contributed by atoms with van der Waals surface area (Å²) < 4.78 is 0. The standard InChI is InChI=1S/C17H24N2OS/c1-2-14-11-7-4-8-12-19(14)17(20)15(16(18)21)13-9-5-3-6-10-13/h3,5-6,9-10,14-15H,2,4,7-8,11-12H2,1H3,(H2,18,21). The van der Waals surface area contributed by atoms with E-state index in [2.05, 4.69) is 6.92 Å². The molecule has 0 aromatic heterocycles. The summed E-state index contributed by atoms with van der Waals surface area (Å²) in [7, 11) is 0. The molecule has 1 aliphatic heterocycles. The van der Waals surface area contributed by atoms with Crippen molar-refractivity contribution in [2.24, 2.45) is 5.73 Å². The molecule has 1 saturated heterocycles. The first-order valence-corrected chi connectivity index (χ1v) is 8.20. The summed E-state index contributed by atoms with van der Waals surface area (Å²) >= 11 is 5.18. The molecule has 0 aliphatic carbocycles. The molecular weight excluding hydrogens is 280 g/mol. The molecule has 0 bridgehead atoms. The van der Waals surface area contributed by atoms with Gasteiger partial charge < -0.3 is 10.6 Å². The van der Waals surface area contributed by atoms with E-state index in [0.717, 1.165) is 31.4 Å². The number of amides is 1. The third-order valence-electron chi connectivity index (χ3n) is 4.30. The molecule has 0 spiro atoms. The van der Waals surface area contributed by atoms with Crippen LogP contribution in [0.2, 0.25) is 0 Å². The molecule has 21 heavy (non-hydrogen) atoms. The topological polar surface area (TPSA) is 46.3 Å². The zero-order valence-electron chi connectivity index (χ0n) is 12.6. The Morgan fingerprint density at radius 2 is 2.05 bits per heavy atom. The second-order valence-corrected chi connectivity index (χ2v) is 6.16. The Morgan fingerprint density at radius 3 is 2.67 bits per heavy atom. The van der Waals surface area contributed by atoms with Crippen molar-refractivity contribution in [3.05, 3.63) is 35.9 Å². The maximum atomic E-state index is 13.0. The minimum atomic E-state index is -0.492. The van der Waals surface area contributed by atoms with E-state index < -0.39 is 5.92 Å². The molecule has 3 nitrogen and oxygen atoms in total. The van der Waals surface area contributed by atoms with Crippen LogP contribution in [0.3, 0.4) is 0 Å². The fourth-order valence-corrected chi connectivity index (χ4v) is 3.37. The SMILES string of the molecule is CCC1CCCCCN1C(=O)C(C(N)=S)c1ccccc1. The highest BCUT2D eigenvalue weighted by molar-refractivity contribution is 7.80. The number of thiocarbonyl (C=S) groups is 1. The van der Waals surface area contributed by atoms with Gasteiger partial charge in [0.2, 0.25) is 5.91 Å². The molecule has 1 aliphatic rings. The summed E-state index contributed by atoms with van der Waals surface area (Å²) in [5.74, 6) is -0.421. The monoisotopic (exact) mass is 304 g/mol. The van der Waals surface area contributed by atoms with Gasteiger partial charge in [0.15, 0.2) is 0 Å². The molecule has 1 aromatic rings. The van der Waals surface area contributed by atoms with E-state index in [1.165, 1.54) is 12.8 Å². The van der Waals surface area contributed by atoms with Crippen molar-refractivity contribution in [2.75, 3.05) is 6.54 Å². The fourth-order valence-electron chi connectivity index (χ4n) is 3.13. The van der Waals surface area contributed by atoms with Gasteiger partial charge in [-0.2, -0.15) is 0 Å². The van der Waals surface area contributed by atoms with E-state index in [1.54, 1.807) is 0 Å². The molecule has 2 N–H and O–H groups in total. The van der Waals surface area contributed by atoms with Crippen LogP contribution >= 0.6 is 12.2 Å². The van der Waals surface area contributed by atoms with Crippen LogP contribution in [0.1, 0.15) is 50.5 Å². The van der Waals surface area contributed by atoms with Gasteiger partial charge in [0, 0.05) is 12.6 Å². The van der Waals surface area contributed by atoms with Crippen LogP contribution in [-0.2, 0) is 4.79 Å². The molecular formula is C17H24N2OS. The Morgan fingerprint density at radius 1 is 1.33 bits per heavy atom. The molecule has 0 saturated carbocycles. The maximum absolute atomic E-state index is 13.0. The summed E-state index contributed by atoms with van der Waals surface area (Å²) in [6.07, 6.45) is 5.54. The lowest BCUT2D eigenvalue weighted by atomic mass is 9.96. The van der Waals surface area contributed by atoms with Crippen LogP contribution in [0.5, 0.6) is 0 Å². The van der Waals surface area contributed by atoms with Crippen molar-refractivity contribution in [2.45, 2.75) is 51.0 Å². The summed E-state index contributed by atoms with van der Waals surface area (Å²) in [6, 6.07) is 9.97. The van der Waals surface area contributed by atoms with Crippen LogP contribution in [0.4, 0.5) is 0 Å². The highest BCUT2D eigenvalue weighted by Crippen LogP contribution is 2.25. The van der Waals surface area contributed by atoms with Gasteiger partial charge in [0.25, 0.3) is 0 Å². The molecule has 1 amide bonds. The quantitative estimate of drug-likeness (QED) is 0.869. The van der Waals surface area contributed by atoms with Gasteiger partial charge in [0.1, 0.15) is 5.92 Å². The lowest BCUT2D eigenvalue weighted by Gasteiger charge is -2.32. The second-order valence-electron chi connectivity index (χ2n) is 5.69. The van der Waals surface area contributed by atoms with Gasteiger partial charge in [-0.15, -0.1) is 0 Å². The first-order valence-electron chi connectivity index (χ1n) is 7.80. The van der Waals surface area contributed by atoms with Crippen LogP contribution in [0, 0.1) is 0 Å². The number of benzene rings is 1. The molecule has 1 aromatic carbocycles. The van der Waals surface area contributed by atoms with E-state index in [4.69, 9.17) is 18.0 Å². The molecule has 1 heterocycles. The molecule has 2 unspecified atom stereocenters. The van der Waals surface area contributed by atoms with E-state index in [1.807, 2.05) is 35.2 Å².